The lowest BCUT2D eigenvalue weighted by molar-refractivity contribution is -0.128. The van der Waals surface area contributed by atoms with Gasteiger partial charge in [0.15, 0.2) is 0 Å². The van der Waals surface area contributed by atoms with E-state index in [9.17, 15) is 4.79 Å². The molecule has 0 heterocycles. The maximum atomic E-state index is 11.6. The summed E-state index contributed by atoms with van der Waals surface area (Å²) < 4.78 is 0. The van der Waals surface area contributed by atoms with Crippen LogP contribution in [0, 0.1) is 5.41 Å². The van der Waals surface area contributed by atoms with Gasteiger partial charge in [-0.2, -0.15) is 11.8 Å². The van der Waals surface area contributed by atoms with Gasteiger partial charge in [-0.15, -0.1) is 0 Å². The zero-order valence-corrected chi connectivity index (χ0v) is 10.4. The van der Waals surface area contributed by atoms with E-state index in [1.807, 2.05) is 25.6 Å². The first-order chi connectivity index (χ1) is 6.44. The third kappa shape index (κ3) is 4.86. The van der Waals surface area contributed by atoms with Gasteiger partial charge in [0, 0.05) is 18.3 Å². The van der Waals surface area contributed by atoms with Crippen molar-refractivity contribution in [1.82, 2.24) is 5.32 Å². The van der Waals surface area contributed by atoms with Crippen LogP contribution in [0.3, 0.4) is 0 Å². The summed E-state index contributed by atoms with van der Waals surface area (Å²) in [4.78, 5) is 11.6. The van der Waals surface area contributed by atoms with Crippen LogP contribution in [0.1, 0.15) is 27.2 Å². The number of thioether (sulfide) groups is 1. The zero-order valence-electron chi connectivity index (χ0n) is 9.59. The molecule has 0 bridgehead atoms. The van der Waals surface area contributed by atoms with E-state index in [2.05, 4.69) is 18.5 Å². The molecule has 3 nitrogen and oxygen atoms in total. The molecule has 0 saturated heterocycles. The van der Waals surface area contributed by atoms with Crippen molar-refractivity contribution in [2.75, 3.05) is 19.3 Å². The molecule has 4 heteroatoms. The summed E-state index contributed by atoms with van der Waals surface area (Å²) in [6, 6.07) is 0. The van der Waals surface area contributed by atoms with Gasteiger partial charge in [0.25, 0.3) is 0 Å². The first-order valence-electron chi connectivity index (χ1n) is 4.95. The van der Waals surface area contributed by atoms with Crippen LogP contribution in [-0.4, -0.2) is 30.5 Å². The Bertz CT molecular complexity index is 183. The minimum atomic E-state index is -0.442. The number of nitrogens with two attached hydrogens (primary N) is 1. The first-order valence-corrected chi connectivity index (χ1v) is 6.24. The minimum Gasteiger partial charge on any atom is -0.356 e. The Balaban J connectivity index is 3.75. The van der Waals surface area contributed by atoms with Gasteiger partial charge in [0.05, 0.1) is 5.41 Å². The molecule has 1 atom stereocenters. The molecular weight excluding hydrogens is 196 g/mol. The van der Waals surface area contributed by atoms with Gasteiger partial charge in [0.1, 0.15) is 0 Å². The van der Waals surface area contributed by atoms with E-state index < -0.39 is 5.41 Å². The summed E-state index contributed by atoms with van der Waals surface area (Å²) in [7, 11) is 0. The Morgan fingerprint density at radius 2 is 2.14 bits per heavy atom. The molecule has 0 fully saturated rings. The average Bonchev–Trinajstić information content (AvgIpc) is 2.17. The van der Waals surface area contributed by atoms with E-state index in [4.69, 9.17) is 5.73 Å². The van der Waals surface area contributed by atoms with Crippen molar-refractivity contribution in [2.24, 2.45) is 11.1 Å². The van der Waals surface area contributed by atoms with E-state index in [0.717, 1.165) is 13.0 Å². The Morgan fingerprint density at radius 1 is 1.57 bits per heavy atom. The lowest BCUT2D eigenvalue weighted by Gasteiger charge is -2.21. The maximum absolute atomic E-state index is 11.6. The van der Waals surface area contributed by atoms with E-state index in [1.165, 1.54) is 0 Å². The fourth-order valence-electron chi connectivity index (χ4n) is 0.839. The fraction of sp³-hybridized carbons (Fsp3) is 0.900. The summed E-state index contributed by atoms with van der Waals surface area (Å²) >= 11 is 1.81. The highest BCUT2D eigenvalue weighted by molar-refractivity contribution is 7.99. The molecule has 3 N–H and O–H groups in total. The van der Waals surface area contributed by atoms with Crippen molar-refractivity contribution in [3.63, 3.8) is 0 Å². The van der Waals surface area contributed by atoms with Crippen LogP contribution in [0.5, 0.6) is 0 Å². The van der Waals surface area contributed by atoms with Gasteiger partial charge < -0.3 is 11.1 Å². The van der Waals surface area contributed by atoms with E-state index in [0.29, 0.717) is 11.8 Å². The van der Waals surface area contributed by atoms with Gasteiger partial charge in [-0.3, -0.25) is 4.79 Å². The largest absolute Gasteiger partial charge is 0.356 e. The lowest BCUT2D eigenvalue weighted by Crippen LogP contribution is -2.42. The van der Waals surface area contributed by atoms with Gasteiger partial charge >= 0.3 is 0 Å². The number of hydrogen-bond donors (Lipinski definition) is 2. The zero-order chi connectivity index (χ0) is 11.2. The molecule has 0 aromatic carbocycles. The maximum Gasteiger partial charge on any atom is 0.226 e. The standard InChI is InChI=1S/C10H22N2OS/c1-8(14-4)5-6-12-9(13)10(2,3)7-11/h8H,5-7,11H2,1-4H3,(H,12,13). The van der Waals surface area contributed by atoms with Crippen LogP contribution in [0.2, 0.25) is 0 Å². The van der Waals surface area contributed by atoms with Crippen molar-refractivity contribution in [3.05, 3.63) is 0 Å². The summed E-state index contributed by atoms with van der Waals surface area (Å²) in [6.45, 7) is 7.01. The monoisotopic (exact) mass is 218 g/mol. The molecule has 0 spiro atoms. The third-order valence-corrected chi connectivity index (χ3v) is 3.40. The topological polar surface area (TPSA) is 55.1 Å². The Hall–Kier alpha value is -0.220. The van der Waals surface area contributed by atoms with Crippen LogP contribution in [0.15, 0.2) is 0 Å². The van der Waals surface area contributed by atoms with Crippen molar-refractivity contribution < 1.29 is 4.79 Å². The van der Waals surface area contributed by atoms with Crippen molar-refractivity contribution >= 4 is 17.7 Å². The van der Waals surface area contributed by atoms with E-state index in [1.54, 1.807) is 0 Å². The smallest absolute Gasteiger partial charge is 0.226 e. The molecule has 1 unspecified atom stereocenters. The molecule has 0 aliphatic carbocycles. The summed E-state index contributed by atoms with van der Waals surface area (Å²) in [5.41, 5.74) is 5.06. The predicted octanol–water partition coefficient (Wildman–Crippen LogP) is 1.23. The second-order valence-corrected chi connectivity index (χ2v) is 5.46. The molecule has 1 amide bonds. The second kappa shape index (κ2) is 6.30. The van der Waals surface area contributed by atoms with Crippen LogP contribution in [0.4, 0.5) is 0 Å². The fourth-order valence-corrected chi connectivity index (χ4v) is 1.19. The number of carbonyl (C=O) groups is 1. The number of nitrogens with one attached hydrogen (secondary N) is 1. The molecule has 14 heavy (non-hydrogen) atoms. The number of hydrogen-bond acceptors (Lipinski definition) is 3. The lowest BCUT2D eigenvalue weighted by atomic mass is 9.93. The van der Waals surface area contributed by atoms with E-state index in [-0.39, 0.29) is 5.91 Å². The highest BCUT2D eigenvalue weighted by atomic mass is 32.2. The SMILES string of the molecule is CSC(C)CCNC(=O)C(C)(C)CN. The van der Waals surface area contributed by atoms with Crippen LogP contribution in [-0.2, 0) is 4.79 Å². The van der Waals surface area contributed by atoms with Crippen molar-refractivity contribution in [3.8, 4) is 0 Å². The van der Waals surface area contributed by atoms with Crippen LogP contribution < -0.4 is 11.1 Å². The summed E-state index contributed by atoms with van der Waals surface area (Å²) in [5, 5.41) is 3.50. The highest BCUT2D eigenvalue weighted by Crippen LogP contribution is 2.13. The van der Waals surface area contributed by atoms with Gasteiger partial charge in [0.2, 0.25) is 5.91 Å². The number of rotatable bonds is 6. The molecule has 0 aromatic rings. The Morgan fingerprint density at radius 3 is 2.57 bits per heavy atom. The molecule has 0 saturated carbocycles. The number of carbonyl (C=O) groups excluding carboxylic acids is 1. The molecule has 84 valence electrons. The van der Waals surface area contributed by atoms with Crippen molar-refractivity contribution in [2.45, 2.75) is 32.4 Å². The van der Waals surface area contributed by atoms with E-state index >= 15 is 0 Å². The minimum absolute atomic E-state index is 0.0494. The molecule has 0 aliphatic heterocycles. The molecule has 0 radical (unpaired) electrons. The third-order valence-electron chi connectivity index (χ3n) is 2.36. The average molecular weight is 218 g/mol. The molecule has 0 rings (SSSR count). The van der Waals surface area contributed by atoms with Crippen molar-refractivity contribution in [1.29, 1.82) is 0 Å². The highest BCUT2D eigenvalue weighted by Gasteiger charge is 2.25. The van der Waals surface area contributed by atoms with Gasteiger partial charge in [-0.25, -0.2) is 0 Å². The number of amides is 1. The molecule has 0 aliphatic rings. The summed E-state index contributed by atoms with van der Waals surface area (Å²) in [6.07, 6.45) is 3.09. The molecular formula is C10H22N2OS. The Labute approximate surface area is 91.2 Å². The first kappa shape index (κ1) is 13.8. The Kier molecular flexibility index (Phi) is 6.20. The quantitative estimate of drug-likeness (QED) is 0.705. The predicted molar refractivity (Wildman–Crippen MR) is 63.4 cm³/mol. The molecule has 0 aromatic heterocycles. The summed E-state index contributed by atoms with van der Waals surface area (Å²) in [5.74, 6) is 0.0494. The normalized spacial score (nSPS) is 13.8. The van der Waals surface area contributed by atoms with Crippen LogP contribution >= 0.6 is 11.8 Å². The van der Waals surface area contributed by atoms with Gasteiger partial charge in [-0.1, -0.05) is 6.92 Å². The van der Waals surface area contributed by atoms with Gasteiger partial charge in [-0.05, 0) is 26.5 Å². The second-order valence-electron chi connectivity index (χ2n) is 4.18. The van der Waals surface area contributed by atoms with Crippen LogP contribution in [0.25, 0.3) is 0 Å².